The number of amides is 1. The second-order valence-electron chi connectivity index (χ2n) is 5.70. The van der Waals surface area contributed by atoms with Crippen LogP contribution >= 0.6 is 21.6 Å². The number of carbonyl (C=O) groups is 3. The first-order valence-electron chi connectivity index (χ1n) is 8.64. The van der Waals surface area contributed by atoms with Gasteiger partial charge in [0.1, 0.15) is 0 Å². The Kier molecular flexibility index (Phi) is 11.1. The third kappa shape index (κ3) is 9.75. The number of carbonyl (C=O) groups excluding carboxylic acids is 1. The second-order valence-corrected chi connectivity index (χ2v) is 8.40. The molecule has 0 aliphatic rings. The zero-order valence-corrected chi connectivity index (χ0v) is 17.8. The summed E-state index contributed by atoms with van der Waals surface area (Å²) in [5, 5.41) is 34.2. The quantitative estimate of drug-likeness (QED) is 0.306. The predicted molar refractivity (Wildman–Crippen MR) is 112 cm³/mol. The number of carboxylic acid groups (broad SMARTS) is 2. The zero-order valence-electron chi connectivity index (χ0n) is 16.2. The van der Waals surface area contributed by atoms with Gasteiger partial charge in [0.25, 0.3) is 5.91 Å². The Morgan fingerprint density at radius 3 is 2.44 bits per heavy atom. The lowest BCUT2D eigenvalue weighted by Crippen LogP contribution is -2.25. The van der Waals surface area contributed by atoms with Crippen LogP contribution in [-0.2, 0) is 9.59 Å². The van der Waals surface area contributed by atoms with Crippen LogP contribution in [0.3, 0.4) is 0 Å². The van der Waals surface area contributed by atoms with Crippen molar-refractivity contribution in [2.45, 2.75) is 12.6 Å². The summed E-state index contributed by atoms with van der Waals surface area (Å²) in [6.07, 6.45) is -3.50. The van der Waals surface area contributed by atoms with E-state index in [0.29, 0.717) is 34.9 Å². The molecule has 32 heavy (non-hydrogen) atoms. The number of nitrogens with zero attached hydrogens (tertiary/aromatic N) is 2. The van der Waals surface area contributed by atoms with Gasteiger partial charge in [0.05, 0.1) is 35.5 Å². The van der Waals surface area contributed by atoms with Crippen LogP contribution in [0, 0.1) is 11.3 Å². The molecule has 0 fully saturated rings. The number of rotatable bonds is 9. The fourth-order valence-electron chi connectivity index (χ4n) is 1.97. The summed E-state index contributed by atoms with van der Waals surface area (Å²) in [6.45, 7) is 0.465. The smallest absolute Gasteiger partial charge is 0.481 e. The highest BCUT2D eigenvalue weighted by atomic mass is 33.1. The monoisotopic (exact) mass is 490 g/mol. The van der Waals surface area contributed by atoms with Gasteiger partial charge in [-0.25, -0.2) is 4.79 Å². The largest absolute Gasteiger partial charge is 0.490 e. The van der Waals surface area contributed by atoms with Gasteiger partial charge in [-0.2, -0.15) is 23.5 Å². The molecule has 0 bridgehead atoms. The molecule has 1 heterocycles. The third-order valence-corrected chi connectivity index (χ3v) is 5.77. The van der Waals surface area contributed by atoms with Crippen LogP contribution < -0.4 is 5.32 Å². The standard InChI is InChI=1S/C16H16N4O3S2.C2HF3O2/c17-9-11-2-1-3-12(8-11)15-13(10-19-20-15)16(23)18-5-7-25-24-6-4-14(21)22;3-2(4,5)1(6)7/h1-3,8,10H,4-7H2,(H,18,23)(H,19,20)(H,21,22);(H,6,7). The van der Waals surface area contributed by atoms with E-state index in [0.717, 1.165) is 5.56 Å². The highest BCUT2D eigenvalue weighted by Crippen LogP contribution is 2.23. The minimum absolute atomic E-state index is 0.129. The molecule has 9 nitrogen and oxygen atoms in total. The van der Waals surface area contributed by atoms with Crippen molar-refractivity contribution in [2.75, 3.05) is 18.1 Å². The van der Waals surface area contributed by atoms with E-state index in [1.807, 2.05) is 0 Å². The molecule has 2 rings (SSSR count). The maximum Gasteiger partial charge on any atom is 0.490 e. The van der Waals surface area contributed by atoms with E-state index in [-0.39, 0.29) is 12.3 Å². The Morgan fingerprint density at radius 2 is 1.84 bits per heavy atom. The summed E-state index contributed by atoms with van der Waals surface area (Å²) in [5.41, 5.74) is 2.21. The summed E-state index contributed by atoms with van der Waals surface area (Å²) in [6, 6.07) is 9.01. The number of halogens is 3. The minimum atomic E-state index is -5.08. The van der Waals surface area contributed by atoms with Gasteiger partial charge < -0.3 is 15.5 Å². The van der Waals surface area contributed by atoms with E-state index >= 15 is 0 Å². The molecule has 1 aromatic heterocycles. The molecule has 0 aliphatic carbocycles. The van der Waals surface area contributed by atoms with Gasteiger partial charge in [-0.1, -0.05) is 33.7 Å². The Morgan fingerprint density at radius 1 is 1.19 bits per heavy atom. The molecular formula is C18H17F3N4O5S2. The van der Waals surface area contributed by atoms with Gasteiger partial charge in [0, 0.05) is 23.6 Å². The molecule has 0 aliphatic heterocycles. The number of nitrogens with one attached hydrogen (secondary N) is 2. The number of carboxylic acids is 2. The number of benzene rings is 1. The van der Waals surface area contributed by atoms with Crippen molar-refractivity contribution in [1.29, 1.82) is 5.26 Å². The highest BCUT2D eigenvalue weighted by Gasteiger charge is 2.38. The normalized spacial score (nSPS) is 10.4. The first kappa shape index (κ1) is 26.9. The fraction of sp³-hybridized carbons (Fsp3) is 0.278. The van der Waals surface area contributed by atoms with Crippen molar-refractivity contribution in [1.82, 2.24) is 15.5 Å². The summed E-state index contributed by atoms with van der Waals surface area (Å²) < 4.78 is 31.7. The Balaban J connectivity index is 0.000000633. The number of H-pyrrole nitrogens is 1. The van der Waals surface area contributed by atoms with Crippen LogP contribution in [0.5, 0.6) is 0 Å². The number of hydrogen-bond acceptors (Lipinski definition) is 7. The Bertz CT molecular complexity index is 976. The van der Waals surface area contributed by atoms with Gasteiger partial charge in [-0.05, 0) is 12.1 Å². The first-order valence-corrected chi connectivity index (χ1v) is 11.1. The highest BCUT2D eigenvalue weighted by molar-refractivity contribution is 8.76. The molecule has 172 valence electrons. The van der Waals surface area contributed by atoms with E-state index < -0.39 is 18.1 Å². The number of aliphatic carboxylic acids is 2. The van der Waals surface area contributed by atoms with E-state index in [1.54, 1.807) is 24.3 Å². The third-order valence-electron chi connectivity index (χ3n) is 3.36. The van der Waals surface area contributed by atoms with Crippen molar-refractivity contribution < 1.29 is 37.8 Å². The SMILES string of the molecule is N#Cc1cccc(-c2[nH]ncc2C(=O)NCCSSCCC(=O)O)c1.O=C(O)C(F)(F)F. The van der Waals surface area contributed by atoms with Crippen LogP contribution in [0.15, 0.2) is 30.5 Å². The summed E-state index contributed by atoms with van der Waals surface area (Å²) in [4.78, 5) is 31.6. The number of nitriles is 1. The number of aromatic amines is 1. The average Bonchev–Trinajstić information content (AvgIpc) is 3.22. The van der Waals surface area contributed by atoms with Crippen molar-refractivity contribution in [3.05, 3.63) is 41.6 Å². The maximum absolute atomic E-state index is 12.3. The molecule has 14 heteroatoms. The van der Waals surface area contributed by atoms with Crippen molar-refractivity contribution >= 4 is 39.4 Å². The molecule has 0 radical (unpaired) electrons. The van der Waals surface area contributed by atoms with E-state index in [1.165, 1.54) is 27.8 Å². The molecule has 0 spiro atoms. The van der Waals surface area contributed by atoms with E-state index in [9.17, 15) is 22.8 Å². The molecule has 0 saturated heterocycles. The van der Waals surface area contributed by atoms with Crippen molar-refractivity contribution in [3.8, 4) is 17.3 Å². The van der Waals surface area contributed by atoms with Crippen LogP contribution in [0.25, 0.3) is 11.3 Å². The molecule has 4 N–H and O–H groups in total. The maximum atomic E-state index is 12.3. The predicted octanol–water partition coefficient (Wildman–Crippen LogP) is 3.17. The van der Waals surface area contributed by atoms with E-state index in [2.05, 4.69) is 21.6 Å². The van der Waals surface area contributed by atoms with Gasteiger partial charge in [-0.15, -0.1) is 0 Å². The molecule has 0 unspecified atom stereocenters. The molecule has 1 amide bonds. The molecule has 1 aromatic carbocycles. The van der Waals surface area contributed by atoms with Crippen LogP contribution in [0.4, 0.5) is 13.2 Å². The fourth-order valence-corrected chi connectivity index (χ4v) is 3.86. The van der Waals surface area contributed by atoms with Gasteiger partial charge in [0.15, 0.2) is 0 Å². The molecule has 0 atom stereocenters. The number of hydrogen-bond donors (Lipinski definition) is 4. The summed E-state index contributed by atoms with van der Waals surface area (Å²) >= 11 is 0. The first-order chi connectivity index (χ1) is 15.1. The van der Waals surface area contributed by atoms with Crippen LogP contribution in [0.1, 0.15) is 22.3 Å². The van der Waals surface area contributed by atoms with Crippen LogP contribution in [0.2, 0.25) is 0 Å². The summed E-state index contributed by atoms with van der Waals surface area (Å²) in [7, 11) is 2.99. The number of aromatic nitrogens is 2. The number of alkyl halides is 3. The van der Waals surface area contributed by atoms with Crippen LogP contribution in [-0.4, -0.2) is 62.5 Å². The summed E-state index contributed by atoms with van der Waals surface area (Å²) in [5.74, 6) is -2.61. The van der Waals surface area contributed by atoms with Gasteiger partial charge >= 0.3 is 18.1 Å². The lowest BCUT2D eigenvalue weighted by atomic mass is 10.1. The molecular weight excluding hydrogens is 473 g/mol. The average molecular weight is 490 g/mol. The second kappa shape index (κ2) is 13.3. The minimum Gasteiger partial charge on any atom is -0.481 e. The lowest BCUT2D eigenvalue weighted by molar-refractivity contribution is -0.192. The Labute approximate surface area is 187 Å². The molecule has 0 saturated carbocycles. The zero-order chi connectivity index (χ0) is 24.1. The van der Waals surface area contributed by atoms with Crippen molar-refractivity contribution in [3.63, 3.8) is 0 Å². The lowest BCUT2D eigenvalue weighted by Gasteiger charge is -2.06. The van der Waals surface area contributed by atoms with E-state index in [4.69, 9.17) is 20.3 Å². The van der Waals surface area contributed by atoms with Crippen molar-refractivity contribution in [2.24, 2.45) is 0 Å². The van der Waals surface area contributed by atoms with Gasteiger partial charge in [0.2, 0.25) is 0 Å². The Hall–Kier alpha value is -3.18. The van der Waals surface area contributed by atoms with Gasteiger partial charge in [-0.3, -0.25) is 14.7 Å². The topological polar surface area (TPSA) is 156 Å². The molecule has 2 aromatic rings.